The third kappa shape index (κ3) is 15.5. The SMILES string of the molecule is COc1cc(C)c(S(=O)(=O)NC(N)=NCCC[C@H](NC(=O)[C@H](NC(=O)[C@@H](NC(=O)[C@@H](N)CC(=O)OC(C)(C)C)c2ccccc2)C(C)C)C(=O)NCC(=O)O)c(C)c1C. The molecule has 2 aromatic rings. The Bertz CT molecular complexity index is 1980. The van der Waals surface area contributed by atoms with Gasteiger partial charge in [0.15, 0.2) is 0 Å². The minimum atomic E-state index is -4.16. The fraction of sp³-hybridized carbons (Fsp3) is 0.513. The fourth-order valence-corrected chi connectivity index (χ4v) is 7.28. The van der Waals surface area contributed by atoms with Gasteiger partial charge in [0.25, 0.3) is 10.0 Å². The lowest BCUT2D eigenvalue weighted by molar-refractivity contribution is -0.156. The number of nitrogens with two attached hydrogens (primary N) is 2. The number of hydrogen-bond donors (Lipinski definition) is 8. The first-order valence-corrected chi connectivity index (χ1v) is 20.3. The number of aliphatic carboxylic acids is 1. The summed E-state index contributed by atoms with van der Waals surface area (Å²) in [6, 6.07) is 4.36. The number of hydrogen-bond acceptors (Lipinski definition) is 12. The molecule has 0 saturated carbocycles. The zero-order valence-electron chi connectivity index (χ0n) is 34.9. The van der Waals surface area contributed by atoms with Crippen LogP contribution in [-0.4, -0.2) is 99.0 Å². The molecule has 2 aromatic carbocycles. The number of carbonyl (C=O) groups excluding carboxylic acids is 5. The van der Waals surface area contributed by atoms with E-state index < -0.39 is 100 Å². The number of carbonyl (C=O) groups is 6. The van der Waals surface area contributed by atoms with Crippen molar-refractivity contribution in [1.82, 2.24) is 26.0 Å². The van der Waals surface area contributed by atoms with Crippen LogP contribution in [0, 0.1) is 26.7 Å². The van der Waals surface area contributed by atoms with Gasteiger partial charge in [-0.15, -0.1) is 0 Å². The molecule has 2 rings (SSSR count). The van der Waals surface area contributed by atoms with Crippen molar-refractivity contribution >= 4 is 51.6 Å². The van der Waals surface area contributed by atoms with E-state index >= 15 is 0 Å². The molecule has 0 unspecified atom stereocenters. The van der Waals surface area contributed by atoms with Crippen LogP contribution < -0.4 is 42.2 Å². The van der Waals surface area contributed by atoms with Crippen molar-refractivity contribution in [2.75, 3.05) is 20.2 Å². The summed E-state index contributed by atoms with van der Waals surface area (Å²) >= 11 is 0. The van der Waals surface area contributed by atoms with Crippen LogP contribution in [0.25, 0.3) is 0 Å². The molecular formula is C39H58N8O11S. The lowest BCUT2D eigenvalue weighted by Gasteiger charge is -2.28. The standard InChI is InChI=1S/C39H58N8O11S/c1-21(2)31(45-37(54)32(25-14-11-10-12-15-25)46-34(51)26(40)19-30(50)58-39(6,7)8)36(53)44-27(35(52)43-20-29(48)49)16-13-17-42-38(41)47-59(55,56)33-22(3)18-28(57-9)23(4)24(33)5/h10-12,14-15,18,21,26-27,31-32H,13,16-17,19-20,40H2,1-9H3,(H,43,52)(H,44,53)(H,45,54)(H,46,51)(H,48,49)(H3,41,42,47)/t26-,27-,31+,32-/m0/s1. The van der Waals surface area contributed by atoms with E-state index in [4.69, 9.17) is 26.0 Å². The molecule has 0 radical (unpaired) electrons. The average Bonchev–Trinajstić information content (AvgIpc) is 3.13. The summed E-state index contributed by atoms with van der Waals surface area (Å²) in [6.45, 7) is 12.4. The Balaban J connectivity index is 2.24. The first-order valence-electron chi connectivity index (χ1n) is 18.8. The lowest BCUT2D eigenvalue weighted by atomic mass is 10.00. The van der Waals surface area contributed by atoms with Crippen molar-refractivity contribution in [3.8, 4) is 5.75 Å². The van der Waals surface area contributed by atoms with Gasteiger partial charge in [-0.2, -0.15) is 0 Å². The van der Waals surface area contributed by atoms with Crippen LogP contribution in [0.4, 0.5) is 0 Å². The van der Waals surface area contributed by atoms with Crippen molar-refractivity contribution < 1.29 is 51.8 Å². The fourth-order valence-electron chi connectivity index (χ4n) is 5.80. The minimum Gasteiger partial charge on any atom is -0.496 e. The molecule has 0 aliphatic carbocycles. The second-order valence-corrected chi connectivity index (χ2v) is 16.8. The number of nitrogens with zero attached hydrogens (tertiary/aromatic N) is 1. The van der Waals surface area contributed by atoms with E-state index in [0.29, 0.717) is 28.0 Å². The van der Waals surface area contributed by atoms with Crippen LogP contribution in [-0.2, 0) is 43.5 Å². The maximum atomic E-state index is 13.8. The zero-order chi connectivity index (χ0) is 44.8. The van der Waals surface area contributed by atoms with Gasteiger partial charge in [-0.1, -0.05) is 44.2 Å². The molecular weight excluding hydrogens is 789 g/mol. The van der Waals surface area contributed by atoms with Crippen LogP contribution >= 0.6 is 0 Å². The maximum absolute atomic E-state index is 13.8. The van der Waals surface area contributed by atoms with Gasteiger partial charge >= 0.3 is 11.9 Å². The van der Waals surface area contributed by atoms with Crippen molar-refractivity contribution in [3.63, 3.8) is 0 Å². The highest BCUT2D eigenvalue weighted by Gasteiger charge is 2.33. The first kappa shape index (κ1) is 49.4. The van der Waals surface area contributed by atoms with Crippen molar-refractivity contribution in [2.24, 2.45) is 22.4 Å². The van der Waals surface area contributed by atoms with E-state index in [2.05, 4.69) is 31.0 Å². The molecule has 10 N–H and O–H groups in total. The van der Waals surface area contributed by atoms with Gasteiger partial charge in [0.1, 0.15) is 36.0 Å². The predicted octanol–water partition coefficient (Wildman–Crippen LogP) is 0.737. The molecule has 19 nitrogen and oxygen atoms in total. The number of aryl methyl sites for hydroxylation is 1. The highest BCUT2D eigenvalue weighted by molar-refractivity contribution is 7.90. The average molecular weight is 847 g/mol. The summed E-state index contributed by atoms with van der Waals surface area (Å²) in [6.07, 6.45) is -0.504. The predicted molar refractivity (Wildman–Crippen MR) is 218 cm³/mol. The number of sulfonamides is 1. The third-order valence-corrected chi connectivity index (χ3v) is 10.4. The summed E-state index contributed by atoms with van der Waals surface area (Å²) in [7, 11) is -2.68. The van der Waals surface area contributed by atoms with Gasteiger partial charge in [-0.25, -0.2) is 13.1 Å². The summed E-state index contributed by atoms with van der Waals surface area (Å²) < 4.78 is 39.3. The number of benzene rings is 2. The summed E-state index contributed by atoms with van der Waals surface area (Å²) in [5, 5.41) is 19.1. The molecule has 0 bridgehead atoms. The lowest BCUT2D eigenvalue weighted by Crippen LogP contribution is -2.57. The van der Waals surface area contributed by atoms with Crippen molar-refractivity contribution in [1.29, 1.82) is 0 Å². The molecule has 59 heavy (non-hydrogen) atoms. The number of carboxylic acids is 1. The minimum absolute atomic E-state index is 0.0119. The van der Waals surface area contributed by atoms with Crippen LogP contribution in [0.15, 0.2) is 46.3 Å². The molecule has 0 aliphatic rings. The molecule has 0 aliphatic heterocycles. The number of guanidine groups is 1. The van der Waals surface area contributed by atoms with Crippen molar-refractivity contribution in [2.45, 2.75) is 109 Å². The summed E-state index contributed by atoms with van der Waals surface area (Å²) in [5.74, 6) is -5.82. The van der Waals surface area contributed by atoms with Gasteiger partial charge < -0.3 is 47.3 Å². The Morgan fingerprint density at radius 2 is 1.53 bits per heavy atom. The van der Waals surface area contributed by atoms with E-state index in [9.17, 15) is 37.2 Å². The van der Waals surface area contributed by atoms with Crippen LogP contribution in [0.1, 0.15) is 82.2 Å². The monoisotopic (exact) mass is 846 g/mol. The number of rotatable bonds is 20. The summed E-state index contributed by atoms with van der Waals surface area (Å²) in [5.41, 5.74) is 13.0. The topological polar surface area (TPSA) is 300 Å². The highest BCUT2D eigenvalue weighted by Crippen LogP contribution is 2.30. The molecule has 0 heterocycles. The molecule has 4 atom stereocenters. The Hall–Kier alpha value is -5.76. The molecule has 0 saturated heterocycles. The molecule has 20 heteroatoms. The van der Waals surface area contributed by atoms with Gasteiger partial charge in [0.2, 0.25) is 29.6 Å². The maximum Gasteiger partial charge on any atom is 0.322 e. The van der Waals surface area contributed by atoms with E-state index in [0.717, 1.165) is 0 Å². The number of nitrogens with one attached hydrogen (secondary N) is 5. The third-order valence-electron chi connectivity index (χ3n) is 8.76. The highest BCUT2D eigenvalue weighted by atomic mass is 32.2. The first-order chi connectivity index (χ1) is 27.4. The second-order valence-electron chi connectivity index (χ2n) is 15.1. The smallest absolute Gasteiger partial charge is 0.322 e. The largest absolute Gasteiger partial charge is 0.496 e. The van der Waals surface area contributed by atoms with Crippen molar-refractivity contribution in [3.05, 3.63) is 58.7 Å². The van der Waals surface area contributed by atoms with Gasteiger partial charge in [-0.3, -0.25) is 33.8 Å². The number of ether oxygens (including phenoxy) is 2. The number of aliphatic imine (C=N–C) groups is 1. The molecule has 0 spiro atoms. The Kier molecular flexibility index (Phi) is 18.3. The normalized spacial score (nSPS) is 13.9. The Morgan fingerprint density at radius 1 is 0.898 bits per heavy atom. The molecule has 326 valence electrons. The number of methoxy groups -OCH3 is 1. The molecule has 0 fully saturated rings. The van der Waals surface area contributed by atoms with Crippen LogP contribution in [0.3, 0.4) is 0 Å². The zero-order valence-corrected chi connectivity index (χ0v) is 35.7. The van der Waals surface area contributed by atoms with E-state index in [1.54, 1.807) is 91.8 Å². The van der Waals surface area contributed by atoms with Gasteiger partial charge in [0, 0.05) is 6.54 Å². The second kappa shape index (κ2) is 21.8. The van der Waals surface area contributed by atoms with Crippen LogP contribution in [0.2, 0.25) is 0 Å². The van der Waals surface area contributed by atoms with Crippen LogP contribution in [0.5, 0.6) is 5.75 Å². The molecule has 0 aromatic heterocycles. The number of carboxylic acid groups (broad SMARTS) is 1. The van der Waals surface area contributed by atoms with E-state index in [1.165, 1.54) is 7.11 Å². The Labute approximate surface area is 344 Å². The van der Waals surface area contributed by atoms with Gasteiger partial charge in [-0.05, 0) is 88.6 Å². The number of esters is 1. The summed E-state index contributed by atoms with van der Waals surface area (Å²) in [4.78, 5) is 81.4. The van der Waals surface area contributed by atoms with E-state index in [1.807, 2.05) is 0 Å². The Morgan fingerprint density at radius 3 is 2.08 bits per heavy atom. The van der Waals surface area contributed by atoms with Gasteiger partial charge in [0.05, 0.1) is 24.5 Å². The quantitative estimate of drug-likeness (QED) is 0.0395. The van der Waals surface area contributed by atoms with E-state index in [-0.39, 0.29) is 24.3 Å². The molecule has 4 amide bonds. The number of amides is 4.